The Morgan fingerprint density at radius 2 is 1.36 bits per heavy atom. The summed E-state index contributed by atoms with van der Waals surface area (Å²) in [6.45, 7) is 9.83. The van der Waals surface area contributed by atoms with Crippen LogP contribution in [0.25, 0.3) is 0 Å². The van der Waals surface area contributed by atoms with Crippen molar-refractivity contribution in [1.29, 1.82) is 0 Å². The average Bonchev–Trinajstić information content (AvgIpc) is 2.79. The number of rotatable bonds is 19. The molecule has 36 heavy (non-hydrogen) atoms. The SMILES string of the molecule is CCCCCC(OC(C)=O)C(CCC(=O)CCC(CCOC(C)=O)SC(=S)OCC)SC(=S)OCC. The van der Waals surface area contributed by atoms with Crippen LogP contribution in [0.3, 0.4) is 0 Å². The number of ketones is 1. The molecule has 0 saturated carbocycles. The Morgan fingerprint density at radius 1 is 0.750 bits per heavy atom. The van der Waals surface area contributed by atoms with Gasteiger partial charge >= 0.3 is 11.9 Å². The van der Waals surface area contributed by atoms with Crippen LogP contribution in [0.15, 0.2) is 0 Å². The maximum atomic E-state index is 12.8. The van der Waals surface area contributed by atoms with Gasteiger partial charge in [-0.05, 0) is 70.4 Å². The molecule has 0 aliphatic heterocycles. The Morgan fingerprint density at radius 3 is 1.92 bits per heavy atom. The lowest BCUT2D eigenvalue weighted by Gasteiger charge is -2.26. The second-order valence-corrected chi connectivity index (χ2v) is 11.9. The Kier molecular flexibility index (Phi) is 21.5. The third kappa shape index (κ3) is 19.2. The van der Waals surface area contributed by atoms with E-state index in [0.717, 1.165) is 25.7 Å². The van der Waals surface area contributed by atoms with E-state index in [2.05, 4.69) is 6.92 Å². The molecule has 0 aliphatic carbocycles. The second kappa shape index (κ2) is 22.1. The smallest absolute Gasteiger partial charge is 0.302 e. The maximum absolute atomic E-state index is 12.8. The summed E-state index contributed by atoms with van der Waals surface area (Å²) >= 11 is 13.3. The molecular formula is C25H42O7S4. The molecule has 0 rings (SSSR count). The number of hydrogen-bond donors (Lipinski definition) is 0. The first-order chi connectivity index (χ1) is 17.1. The van der Waals surface area contributed by atoms with Crippen molar-refractivity contribution in [2.24, 2.45) is 0 Å². The predicted molar refractivity (Wildman–Crippen MR) is 156 cm³/mol. The largest absolute Gasteiger partial charge is 0.479 e. The van der Waals surface area contributed by atoms with Gasteiger partial charge in [0.1, 0.15) is 11.9 Å². The van der Waals surface area contributed by atoms with Crippen molar-refractivity contribution in [1.82, 2.24) is 0 Å². The highest BCUT2D eigenvalue weighted by Crippen LogP contribution is 2.29. The van der Waals surface area contributed by atoms with Crippen LogP contribution in [0, 0.1) is 0 Å². The van der Waals surface area contributed by atoms with Crippen molar-refractivity contribution in [3.8, 4) is 0 Å². The minimum Gasteiger partial charge on any atom is -0.479 e. The summed E-state index contributed by atoms with van der Waals surface area (Å²) in [6, 6.07) is 0. The molecule has 0 fully saturated rings. The summed E-state index contributed by atoms with van der Waals surface area (Å²) in [7, 11) is 0. The molecule has 0 heterocycles. The van der Waals surface area contributed by atoms with Crippen LogP contribution in [0.4, 0.5) is 0 Å². The van der Waals surface area contributed by atoms with E-state index in [-0.39, 0.29) is 40.9 Å². The quantitative estimate of drug-likeness (QED) is 0.0959. The molecule has 11 heteroatoms. The minimum atomic E-state index is -0.339. The first-order valence-electron chi connectivity index (χ1n) is 12.6. The average molecular weight is 583 g/mol. The Hall–Kier alpha value is -0.910. The monoisotopic (exact) mass is 582 g/mol. The molecule has 0 spiro atoms. The van der Waals surface area contributed by atoms with Crippen molar-refractivity contribution in [3.63, 3.8) is 0 Å². The molecule has 0 amide bonds. The number of ether oxygens (including phenoxy) is 4. The molecule has 0 bridgehead atoms. The van der Waals surface area contributed by atoms with E-state index in [0.29, 0.717) is 54.1 Å². The van der Waals surface area contributed by atoms with Crippen LogP contribution < -0.4 is 0 Å². The first kappa shape index (κ1) is 35.1. The zero-order valence-electron chi connectivity index (χ0n) is 22.2. The molecule has 3 unspecified atom stereocenters. The van der Waals surface area contributed by atoms with E-state index >= 15 is 0 Å². The highest BCUT2D eigenvalue weighted by molar-refractivity contribution is 8.23. The zero-order chi connectivity index (χ0) is 27.3. The Bertz CT molecular complexity index is 687. The predicted octanol–water partition coefficient (Wildman–Crippen LogP) is 6.43. The molecule has 0 N–H and O–H groups in total. The number of hydrogen-bond acceptors (Lipinski definition) is 11. The van der Waals surface area contributed by atoms with Crippen LogP contribution in [-0.2, 0) is 33.3 Å². The zero-order valence-corrected chi connectivity index (χ0v) is 25.5. The van der Waals surface area contributed by atoms with E-state index in [9.17, 15) is 14.4 Å². The lowest BCUT2D eigenvalue weighted by atomic mass is 10.0. The van der Waals surface area contributed by atoms with Crippen LogP contribution in [0.2, 0.25) is 0 Å². The Balaban J connectivity index is 5.10. The van der Waals surface area contributed by atoms with Crippen molar-refractivity contribution >= 4 is 74.4 Å². The van der Waals surface area contributed by atoms with E-state index in [1.165, 1.54) is 37.4 Å². The molecule has 0 aromatic carbocycles. The van der Waals surface area contributed by atoms with Gasteiger partial charge in [0.2, 0.25) is 8.77 Å². The van der Waals surface area contributed by atoms with Crippen molar-refractivity contribution in [2.45, 2.75) is 109 Å². The maximum Gasteiger partial charge on any atom is 0.302 e. The van der Waals surface area contributed by atoms with Crippen LogP contribution in [-0.4, -0.2) is 62.9 Å². The molecule has 0 radical (unpaired) electrons. The van der Waals surface area contributed by atoms with E-state index in [4.69, 9.17) is 43.4 Å². The fourth-order valence-electron chi connectivity index (χ4n) is 3.36. The van der Waals surface area contributed by atoms with E-state index in [1.54, 1.807) is 0 Å². The van der Waals surface area contributed by atoms with Gasteiger partial charge in [-0.3, -0.25) is 14.4 Å². The van der Waals surface area contributed by atoms with Crippen LogP contribution in [0.5, 0.6) is 0 Å². The standard InChI is InChI=1S/C25H42O7S4/c1-6-9-10-11-22(32-19(5)27)23(36-25(34)30-8-3)15-13-20(28)12-14-21(16-17-31-18(4)26)35-24(33)29-7-2/h21-23H,6-17H2,1-5H3. The molecule has 0 aromatic heterocycles. The van der Waals surface area contributed by atoms with E-state index in [1.807, 2.05) is 13.8 Å². The summed E-state index contributed by atoms with van der Waals surface area (Å²) in [5.74, 6) is -0.566. The number of carbonyl (C=O) groups excluding carboxylic acids is 3. The molecule has 0 aliphatic rings. The summed E-state index contributed by atoms with van der Waals surface area (Å²) in [5.41, 5.74) is 0. The third-order valence-corrected chi connectivity index (χ3v) is 8.14. The van der Waals surface area contributed by atoms with Crippen LogP contribution in [0.1, 0.15) is 92.4 Å². The van der Waals surface area contributed by atoms with Gasteiger partial charge in [-0.1, -0.05) is 43.3 Å². The molecule has 0 aromatic rings. The summed E-state index contributed by atoms with van der Waals surface area (Å²) in [4.78, 5) is 35.7. The van der Waals surface area contributed by atoms with Gasteiger partial charge in [0.05, 0.1) is 25.1 Å². The number of thioether (sulfide) groups is 2. The highest BCUT2D eigenvalue weighted by Gasteiger charge is 2.27. The van der Waals surface area contributed by atoms with Gasteiger partial charge in [0.25, 0.3) is 0 Å². The number of Topliss-reactive ketones (excluding diaryl/α,β-unsaturated/α-hetero) is 1. The molecule has 3 atom stereocenters. The normalized spacial score (nSPS) is 13.2. The minimum absolute atomic E-state index is 0.00546. The first-order valence-corrected chi connectivity index (χ1v) is 15.2. The van der Waals surface area contributed by atoms with Gasteiger partial charge in [0, 0.05) is 31.9 Å². The summed E-state index contributed by atoms with van der Waals surface area (Å²) < 4.78 is 22.4. The van der Waals surface area contributed by atoms with Crippen molar-refractivity contribution < 1.29 is 33.3 Å². The molecule has 208 valence electrons. The fraction of sp³-hybridized carbons (Fsp3) is 0.800. The van der Waals surface area contributed by atoms with Gasteiger partial charge in [0.15, 0.2) is 0 Å². The molecular weight excluding hydrogens is 541 g/mol. The van der Waals surface area contributed by atoms with Crippen molar-refractivity contribution in [2.75, 3.05) is 19.8 Å². The van der Waals surface area contributed by atoms with Gasteiger partial charge in [-0.15, -0.1) is 0 Å². The number of carbonyl (C=O) groups is 3. The fourth-order valence-corrected chi connectivity index (χ4v) is 6.29. The van der Waals surface area contributed by atoms with E-state index < -0.39 is 0 Å². The third-order valence-electron chi connectivity index (χ3n) is 5.06. The topological polar surface area (TPSA) is 88.1 Å². The van der Waals surface area contributed by atoms with Crippen molar-refractivity contribution in [3.05, 3.63) is 0 Å². The lowest BCUT2D eigenvalue weighted by Crippen LogP contribution is -2.30. The Labute approximate surface area is 235 Å². The number of unbranched alkanes of at least 4 members (excludes halogenated alkanes) is 2. The number of esters is 2. The second-order valence-electron chi connectivity index (χ2n) is 8.15. The molecule has 0 saturated heterocycles. The van der Waals surface area contributed by atoms with Crippen LogP contribution >= 0.6 is 48.0 Å². The van der Waals surface area contributed by atoms with Gasteiger partial charge in [-0.25, -0.2) is 0 Å². The van der Waals surface area contributed by atoms with Gasteiger partial charge in [-0.2, -0.15) is 0 Å². The highest BCUT2D eigenvalue weighted by atomic mass is 32.2. The van der Waals surface area contributed by atoms with Gasteiger partial charge < -0.3 is 18.9 Å². The number of thiocarbonyl (C=S) groups is 2. The lowest BCUT2D eigenvalue weighted by molar-refractivity contribution is -0.146. The summed E-state index contributed by atoms with van der Waals surface area (Å²) in [5, 5.41) is -0.153. The molecule has 7 nitrogen and oxygen atoms in total. The summed E-state index contributed by atoms with van der Waals surface area (Å²) in [6.07, 6.45) is 5.84.